The molecule has 10 nitrogen and oxygen atoms in total. The summed E-state index contributed by atoms with van der Waals surface area (Å²) in [5, 5.41) is 46.6. The third kappa shape index (κ3) is 1.03. The SMILES string of the molecule is NC1=[NH+]C2O[C@@H]3C4([O-])OC5C2C3(N1)[C@H](O)C(O4)C5(O)CO. The first-order valence-corrected chi connectivity index (χ1v) is 6.77. The van der Waals surface area contributed by atoms with Gasteiger partial charge in [-0.05, 0) is 0 Å². The Labute approximate surface area is 118 Å². The fourth-order valence-corrected chi connectivity index (χ4v) is 4.70. The molecule has 7 unspecified atom stereocenters. The van der Waals surface area contributed by atoms with Crippen LogP contribution >= 0.6 is 0 Å². The maximum absolute atomic E-state index is 12.8. The number of guanidine groups is 1. The van der Waals surface area contributed by atoms with Crippen molar-refractivity contribution in [2.75, 3.05) is 6.61 Å². The summed E-state index contributed by atoms with van der Waals surface area (Å²) < 4.78 is 16.2. The van der Waals surface area contributed by atoms with Crippen LogP contribution < -0.4 is 21.1 Å². The lowest BCUT2D eigenvalue weighted by Gasteiger charge is -2.70. The second-order valence-corrected chi connectivity index (χ2v) is 6.35. The van der Waals surface area contributed by atoms with Crippen LogP contribution in [0, 0.1) is 5.92 Å². The van der Waals surface area contributed by atoms with E-state index in [1.807, 2.05) is 0 Å². The van der Waals surface area contributed by atoms with Crippen LogP contribution in [0.5, 0.6) is 0 Å². The molecule has 0 aromatic rings. The predicted molar refractivity (Wildman–Crippen MR) is 58.7 cm³/mol. The minimum absolute atomic E-state index is 0.177. The molecule has 10 heteroatoms. The lowest BCUT2D eigenvalue weighted by Crippen LogP contribution is -3.00. The molecule has 1 aliphatic carbocycles. The van der Waals surface area contributed by atoms with Crippen molar-refractivity contribution >= 4 is 5.96 Å². The summed E-state index contributed by atoms with van der Waals surface area (Å²) in [4.78, 5) is 2.82. The summed E-state index contributed by atoms with van der Waals surface area (Å²) in [6.45, 7) is -0.710. The number of hydrogen-bond acceptors (Lipinski definition) is 9. The average Bonchev–Trinajstić information content (AvgIpc) is 2.59. The smallest absolute Gasteiger partial charge is 0.343 e. The van der Waals surface area contributed by atoms with Crippen LogP contribution in [0.1, 0.15) is 0 Å². The van der Waals surface area contributed by atoms with Gasteiger partial charge in [-0.15, -0.1) is 0 Å². The summed E-state index contributed by atoms with van der Waals surface area (Å²) in [5.41, 5.74) is 2.68. The van der Waals surface area contributed by atoms with Gasteiger partial charge in [0.1, 0.15) is 36.0 Å². The van der Waals surface area contributed by atoms with E-state index >= 15 is 0 Å². The molecule has 0 amide bonds. The molecule has 1 spiro atoms. The quantitative estimate of drug-likeness (QED) is 0.276. The van der Waals surface area contributed by atoms with Gasteiger partial charge in [0.25, 0.3) is 0 Å². The van der Waals surface area contributed by atoms with Crippen molar-refractivity contribution in [3.8, 4) is 0 Å². The highest BCUT2D eigenvalue weighted by Gasteiger charge is 2.85. The molecule has 0 aromatic carbocycles. The molecule has 9 atom stereocenters. The van der Waals surface area contributed by atoms with Crippen molar-refractivity contribution in [1.29, 1.82) is 0 Å². The molecule has 4 saturated heterocycles. The number of rotatable bonds is 1. The number of nitrogens with two attached hydrogens (primary N) is 1. The van der Waals surface area contributed by atoms with Crippen molar-refractivity contribution in [2.45, 2.75) is 47.8 Å². The van der Waals surface area contributed by atoms with E-state index in [1.165, 1.54) is 0 Å². The Kier molecular flexibility index (Phi) is 1.89. The van der Waals surface area contributed by atoms with E-state index in [1.54, 1.807) is 0 Å². The Morgan fingerprint density at radius 2 is 2.10 bits per heavy atom. The number of aliphatic hydroxyl groups excluding tert-OH is 2. The van der Waals surface area contributed by atoms with Gasteiger partial charge in [0.05, 0.1) is 12.5 Å². The fraction of sp³-hybridized carbons (Fsp3) is 0.909. The zero-order chi connectivity index (χ0) is 14.8. The average molecular weight is 301 g/mol. The maximum Gasteiger partial charge on any atom is 0.343 e. The predicted octanol–water partition coefficient (Wildman–Crippen LogP) is -7.03. The summed E-state index contributed by atoms with van der Waals surface area (Å²) in [6, 6.07) is 0. The van der Waals surface area contributed by atoms with Crippen LogP contribution in [0.15, 0.2) is 0 Å². The molecule has 0 aromatic heterocycles. The first-order chi connectivity index (χ1) is 9.87. The van der Waals surface area contributed by atoms with Gasteiger partial charge in [-0.1, -0.05) is 0 Å². The van der Waals surface area contributed by atoms with E-state index in [9.17, 15) is 20.4 Å². The molecule has 116 valence electrons. The van der Waals surface area contributed by atoms with Crippen LogP contribution in [0.2, 0.25) is 0 Å². The van der Waals surface area contributed by atoms with Crippen molar-refractivity contribution < 1.29 is 39.6 Å². The molecule has 5 heterocycles. The van der Waals surface area contributed by atoms with Crippen LogP contribution in [0.25, 0.3) is 0 Å². The Bertz CT molecular complexity index is 574. The topological polar surface area (TPSA) is 163 Å². The van der Waals surface area contributed by atoms with Gasteiger partial charge in [-0.3, -0.25) is 16.0 Å². The highest BCUT2D eigenvalue weighted by Crippen LogP contribution is 2.61. The van der Waals surface area contributed by atoms with Crippen molar-refractivity contribution in [3.05, 3.63) is 0 Å². The van der Waals surface area contributed by atoms with E-state index in [-0.39, 0.29) is 5.96 Å². The molecular formula is C11H15N3O7. The van der Waals surface area contributed by atoms with E-state index in [4.69, 9.17) is 19.9 Å². The largest absolute Gasteiger partial charge is 0.805 e. The van der Waals surface area contributed by atoms with E-state index in [0.717, 1.165) is 0 Å². The molecular weight excluding hydrogens is 286 g/mol. The monoisotopic (exact) mass is 301 g/mol. The molecule has 7 bridgehead atoms. The number of aliphatic hydroxyl groups is 3. The molecule has 5 fully saturated rings. The second kappa shape index (κ2) is 3.18. The summed E-state index contributed by atoms with van der Waals surface area (Å²) in [5.74, 6) is -2.78. The lowest BCUT2D eigenvalue weighted by atomic mass is 9.56. The zero-order valence-electron chi connectivity index (χ0n) is 10.7. The molecule has 1 saturated carbocycles. The van der Waals surface area contributed by atoms with E-state index < -0.39 is 60.3 Å². The van der Waals surface area contributed by atoms with Crippen LogP contribution in [-0.4, -0.2) is 75.6 Å². The second-order valence-electron chi connectivity index (χ2n) is 6.35. The molecule has 6 aliphatic rings. The maximum atomic E-state index is 12.8. The highest BCUT2D eigenvalue weighted by atomic mass is 16.9. The molecule has 6 rings (SSSR count). The van der Waals surface area contributed by atoms with Gasteiger partial charge < -0.3 is 34.6 Å². The van der Waals surface area contributed by atoms with Gasteiger partial charge in [-0.25, -0.2) is 0 Å². The van der Waals surface area contributed by atoms with Crippen molar-refractivity contribution in [1.82, 2.24) is 5.32 Å². The van der Waals surface area contributed by atoms with E-state index in [0.29, 0.717) is 0 Å². The summed E-state index contributed by atoms with van der Waals surface area (Å²) in [6.07, 6.45) is -5.45. The van der Waals surface area contributed by atoms with Gasteiger partial charge in [0, 0.05) is 0 Å². The Hall–Kier alpha value is -1.01. The normalized spacial score (nSPS) is 66.2. The van der Waals surface area contributed by atoms with Crippen LogP contribution in [0.3, 0.4) is 0 Å². The first kappa shape index (κ1) is 12.5. The molecule has 21 heavy (non-hydrogen) atoms. The minimum atomic E-state index is -2.36. The third-order valence-electron chi connectivity index (χ3n) is 5.49. The van der Waals surface area contributed by atoms with Crippen LogP contribution in [-0.2, 0) is 14.2 Å². The van der Waals surface area contributed by atoms with Crippen molar-refractivity contribution in [3.63, 3.8) is 0 Å². The van der Waals surface area contributed by atoms with Gasteiger partial charge in [0.15, 0.2) is 11.8 Å². The van der Waals surface area contributed by atoms with Gasteiger partial charge >= 0.3 is 5.96 Å². The molecule has 0 radical (unpaired) electrons. The summed E-state index contributed by atoms with van der Waals surface area (Å²) in [7, 11) is 0. The fourth-order valence-electron chi connectivity index (χ4n) is 4.70. The number of nitrogens with one attached hydrogen (secondary N) is 2. The minimum Gasteiger partial charge on any atom is -0.805 e. The Morgan fingerprint density at radius 1 is 1.38 bits per heavy atom. The lowest BCUT2D eigenvalue weighted by molar-refractivity contribution is -0.700. The highest BCUT2D eigenvalue weighted by molar-refractivity contribution is 5.74. The van der Waals surface area contributed by atoms with Crippen LogP contribution in [0.4, 0.5) is 0 Å². The Morgan fingerprint density at radius 3 is 2.81 bits per heavy atom. The van der Waals surface area contributed by atoms with Gasteiger partial charge in [0.2, 0.25) is 0 Å². The number of ether oxygens (including phenoxy) is 3. The summed E-state index contributed by atoms with van der Waals surface area (Å²) >= 11 is 0. The standard InChI is InChI=1S/C11H14N3O7/c12-8-13-6-2-4-9(17,1-15)5-3(16)10(2,14-8)7(19-6)11(18,20-4)21-5/h2-7,15-17H,1H2,(H3,12,13,14)/q-1/p+1/t2?,3-,4?,5?,6?,7+,9?,10?,11?/m1/s1. The molecule has 7 N–H and O–H groups in total. The Balaban J connectivity index is 1.77. The number of hydrogen-bond donors (Lipinski definition) is 6. The zero-order valence-corrected chi connectivity index (χ0v) is 10.7. The first-order valence-electron chi connectivity index (χ1n) is 6.77. The van der Waals surface area contributed by atoms with E-state index in [2.05, 4.69) is 10.3 Å². The molecule has 5 aliphatic heterocycles. The third-order valence-corrected chi connectivity index (χ3v) is 5.49. The van der Waals surface area contributed by atoms with Gasteiger partial charge in [-0.2, -0.15) is 0 Å². The van der Waals surface area contributed by atoms with Crippen molar-refractivity contribution in [2.24, 2.45) is 11.7 Å².